The van der Waals surface area contributed by atoms with Crippen molar-refractivity contribution in [2.45, 2.75) is 26.7 Å². The van der Waals surface area contributed by atoms with E-state index in [1.807, 2.05) is 67.6 Å². The van der Waals surface area contributed by atoms with Crippen LogP contribution in [-0.4, -0.2) is 28.5 Å². The molecule has 1 heterocycles. The standard InChI is InChI=1S/C29H26BrClN2O3/c1-17-25(21-15-19(30)13-14-24(21)33-26(17)18-9-5-4-6-10-18)27(34)32-16-22(29(2,3)28(35)36)20-11-7-8-12-23(20)31/h4-15,22H,16H2,1-3H3,(H,32,34)(H,35,36)/t22-/m1/s1. The number of hydrogen-bond acceptors (Lipinski definition) is 3. The number of pyridine rings is 1. The molecule has 7 heteroatoms. The first-order chi connectivity index (χ1) is 17.1. The van der Waals surface area contributed by atoms with Crippen molar-refractivity contribution in [2.24, 2.45) is 5.41 Å². The molecule has 4 aromatic rings. The Hall–Kier alpha value is -3.22. The third-order valence-electron chi connectivity index (χ3n) is 6.63. The van der Waals surface area contributed by atoms with Crippen molar-refractivity contribution in [1.82, 2.24) is 10.3 Å². The number of benzene rings is 3. The topological polar surface area (TPSA) is 79.3 Å². The zero-order chi connectivity index (χ0) is 26.0. The molecule has 2 N–H and O–H groups in total. The van der Waals surface area contributed by atoms with Gasteiger partial charge in [-0.1, -0.05) is 76.1 Å². The first-order valence-electron chi connectivity index (χ1n) is 11.5. The highest BCUT2D eigenvalue weighted by atomic mass is 79.9. The predicted molar refractivity (Wildman–Crippen MR) is 148 cm³/mol. The normalized spacial score (nSPS) is 12.4. The average Bonchev–Trinajstić information content (AvgIpc) is 2.85. The van der Waals surface area contributed by atoms with Crippen LogP contribution in [0.5, 0.6) is 0 Å². The quantitative estimate of drug-likeness (QED) is 0.247. The summed E-state index contributed by atoms with van der Waals surface area (Å²) in [5.74, 6) is -1.82. The van der Waals surface area contributed by atoms with Crippen molar-refractivity contribution in [1.29, 1.82) is 0 Å². The maximum absolute atomic E-state index is 13.8. The molecular weight excluding hydrogens is 540 g/mol. The van der Waals surface area contributed by atoms with E-state index in [0.29, 0.717) is 27.1 Å². The van der Waals surface area contributed by atoms with E-state index in [4.69, 9.17) is 16.6 Å². The number of aliphatic carboxylic acids is 1. The predicted octanol–water partition coefficient (Wildman–Crippen LogP) is 7.25. The number of amides is 1. The van der Waals surface area contributed by atoms with Crippen LogP contribution >= 0.6 is 27.5 Å². The van der Waals surface area contributed by atoms with Gasteiger partial charge in [-0.2, -0.15) is 0 Å². The van der Waals surface area contributed by atoms with Gasteiger partial charge in [0.25, 0.3) is 5.91 Å². The number of rotatable bonds is 7. The molecule has 36 heavy (non-hydrogen) atoms. The molecule has 0 aliphatic rings. The lowest BCUT2D eigenvalue weighted by molar-refractivity contribution is -0.148. The summed E-state index contributed by atoms with van der Waals surface area (Å²) in [5.41, 5.74) is 3.09. The fraction of sp³-hybridized carbons (Fsp3) is 0.207. The molecule has 3 aromatic carbocycles. The molecule has 0 bridgehead atoms. The van der Waals surface area contributed by atoms with Gasteiger partial charge in [-0.15, -0.1) is 0 Å². The Morgan fingerprint density at radius 3 is 2.39 bits per heavy atom. The summed E-state index contributed by atoms with van der Waals surface area (Å²) in [6.07, 6.45) is 0. The number of carboxylic acids is 1. The zero-order valence-electron chi connectivity index (χ0n) is 20.2. The van der Waals surface area contributed by atoms with Gasteiger partial charge in [-0.05, 0) is 56.2 Å². The molecule has 1 aromatic heterocycles. The van der Waals surface area contributed by atoms with Crippen molar-refractivity contribution >= 4 is 50.3 Å². The van der Waals surface area contributed by atoms with Crippen LogP contribution in [0, 0.1) is 12.3 Å². The fourth-order valence-electron chi connectivity index (χ4n) is 4.44. The lowest BCUT2D eigenvalue weighted by atomic mass is 9.74. The number of nitrogens with zero attached hydrogens (tertiary/aromatic N) is 1. The maximum atomic E-state index is 13.8. The molecule has 0 spiro atoms. The Morgan fingerprint density at radius 1 is 1.06 bits per heavy atom. The molecule has 0 fully saturated rings. The molecule has 0 aliphatic heterocycles. The molecule has 1 amide bonds. The summed E-state index contributed by atoms with van der Waals surface area (Å²) in [7, 11) is 0. The van der Waals surface area contributed by atoms with Gasteiger partial charge in [0.05, 0.1) is 22.2 Å². The minimum absolute atomic E-state index is 0.0970. The van der Waals surface area contributed by atoms with E-state index in [1.165, 1.54) is 0 Å². The molecule has 0 saturated carbocycles. The van der Waals surface area contributed by atoms with Gasteiger partial charge >= 0.3 is 5.97 Å². The van der Waals surface area contributed by atoms with Gasteiger partial charge in [0.1, 0.15) is 0 Å². The van der Waals surface area contributed by atoms with Crippen LogP contribution in [0.15, 0.2) is 77.3 Å². The lowest BCUT2D eigenvalue weighted by Gasteiger charge is -2.32. The Labute approximate surface area is 223 Å². The molecule has 5 nitrogen and oxygen atoms in total. The summed E-state index contributed by atoms with van der Waals surface area (Å²) in [6.45, 7) is 5.28. The molecule has 0 saturated heterocycles. The highest BCUT2D eigenvalue weighted by molar-refractivity contribution is 9.10. The number of carboxylic acid groups (broad SMARTS) is 1. The van der Waals surface area contributed by atoms with Gasteiger partial charge in [0, 0.05) is 32.9 Å². The first kappa shape index (κ1) is 25.9. The number of fused-ring (bicyclic) bond motifs is 1. The number of carbonyl (C=O) groups is 2. The molecule has 0 radical (unpaired) electrons. The largest absolute Gasteiger partial charge is 0.481 e. The summed E-state index contributed by atoms with van der Waals surface area (Å²) in [6, 6.07) is 22.5. The van der Waals surface area contributed by atoms with E-state index in [9.17, 15) is 14.7 Å². The Bertz CT molecular complexity index is 1450. The van der Waals surface area contributed by atoms with Crippen LogP contribution in [0.4, 0.5) is 0 Å². The molecule has 4 rings (SSSR count). The van der Waals surface area contributed by atoms with Crippen LogP contribution in [-0.2, 0) is 4.79 Å². The second-order valence-corrected chi connectivity index (χ2v) is 10.6. The number of halogens is 2. The van der Waals surface area contributed by atoms with E-state index in [2.05, 4.69) is 21.2 Å². The smallest absolute Gasteiger partial charge is 0.309 e. The molecule has 184 valence electrons. The average molecular weight is 566 g/mol. The first-order valence-corrected chi connectivity index (χ1v) is 12.7. The van der Waals surface area contributed by atoms with Crippen molar-refractivity contribution in [2.75, 3.05) is 6.54 Å². The molecular formula is C29H26BrClN2O3. The zero-order valence-corrected chi connectivity index (χ0v) is 22.5. The highest BCUT2D eigenvalue weighted by Crippen LogP contribution is 2.39. The summed E-state index contributed by atoms with van der Waals surface area (Å²) in [4.78, 5) is 30.8. The van der Waals surface area contributed by atoms with Gasteiger partial charge in [-0.3, -0.25) is 9.59 Å². The van der Waals surface area contributed by atoms with Gasteiger partial charge in [-0.25, -0.2) is 4.98 Å². The monoisotopic (exact) mass is 564 g/mol. The summed E-state index contributed by atoms with van der Waals surface area (Å²) < 4.78 is 0.832. The van der Waals surface area contributed by atoms with Gasteiger partial charge in [0.15, 0.2) is 0 Å². The Morgan fingerprint density at radius 2 is 1.72 bits per heavy atom. The van der Waals surface area contributed by atoms with Crippen LogP contribution < -0.4 is 5.32 Å². The van der Waals surface area contributed by atoms with Gasteiger partial charge < -0.3 is 10.4 Å². The second-order valence-electron chi connectivity index (χ2n) is 9.30. The maximum Gasteiger partial charge on any atom is 0.309 e. The molecule has 1 atom stereocenters. The van der Waals surface area contributed by atoms with E-state index < -0.39 is 17.3 Å². The molecule has 0 unspecified atom stereocenters. The van der Waals surface area contributed by atoms with Gasteiger partial charge in [0.2, 0.25) is 0 Å². The minimum Gasteiger partial charge on any atom is -0.481 e. The van der Waals surface area contributed by atoms with E-state index in [1.54, 1.807) is 26.0 Å². The SMILES string of the molecule is Cc1c(-c2ccccc2)nc2ccc(Br)cc2c1C(=O)NC[C@H](c1ccccc1Cl)C(C)(C)C(=O)O. The highest BCUT2D eigenvalue weighted by Gasteiger charge is 2.39. The van der Waals surface area contributed by atoms with Crippen molar-refractivity contribution in [3.63, 3.8) is 0 Å². The van der Waals surface area contributed by atoms with Crippen molar-refractivity contribution in [3.8, 4) is 11.3 Å². The molecule has 0 aliphatic carbocycles. The van der Waals surface area contributed by atoms with E-state index in [-0.39, 0.29) is 12.5 Å². The summed E-state index contributed by atoms with van der Waals surface area (Å²) in [5, 5.41) is 14.1. The fourth-order valence-corrected chi connectivity index (χ4v) is 5.07. The van der Waals surface area contributed by atoms with Crippen LogP contribution in [0.25, 0.3) is 22.2 Å². The number of hydrogen-bond donors (Lipinski definition) is 2. The number of aromatic nitrogens is 1. The van der Waals surface area contributed by atoms with Crippen molar-refractivity contribution in [3.05, 3.63) is 99.0 Å². The van der Waals surface area contributed by atoms with Crippen molar-refractivity contribution < 1.29 is 14.7 Å². The Balaban J connectivity index is 1.78. The Kier molecular flexibility index (Phi) is 7.48. The third-order valence-corrected chi connectivity index (χ3v) is 7.47. The van der Waals surface area contributed by atoms with Crippen LogP contribution in [0.1, 0.15) is 41.3 Å². The lowest BCUT2D eigenvalue weighted by Crippen LogP contribution is -2.39. The van der Waals surface area contributed by atoms with Crippen LogP contribution in [0.2, 0.25) is 5.02 Å². The number of carbonyl (C=O) groups excluding carboxylic acids is 1. The van der Waals surface area contributed by atoms with E-state index in [0.717, 1.165) is 21.3 Å². The summed E-state index contributed by atoms with van der Waals surface area (Å²) >= 11 is 9.96. The van der Waals surface area contributed by atoms with E-state index >= 15 is 0 Å². The second kappa shape index (κ2) is 10.4. The third kappa shape index (κ3) is 5.01. The van der Waals surface area contributed by atoms with Crippen LogP contribution in [0.3, 0.4) is 0 Å². The number of nitrogens with one attached hydrogen (secondary N) is 1. The minimum atomic E-state index is -1.17.